The van der Waals surface area contributed by atoms with Crippen LogP contribution in [0.3, 0.4) is 0 Å². The Hall–Kier alpha value is -0.460. The topological polar surface area (TPSA) is 53.7 Å². The lowest BCUT2D eigenvalue weighted by Crippen LogP contribution is -2.09. The van der Waals surface area contributed by atoms with E-state index in [4.69, 9.17) is 31.5 Å². The lowest BCUT2D eigenvalue weighted by atomic mass is 10.3. The van der Waals surface area contributed by atoms with E-state index in [0.29, 0.717) is 38.1 Å². The van der Waals surface area contributed by atoms with Gasteiger partial charge in [-0.2, -0.15) is 0 Å². The number of methoxy groups -OCH3 is 1. The van der Waals surface area contributed by atoms with Gasteiger partial charge in [-0.1, -0.05) is 11.6 Å². The molecule has 2 N–H and O–H groups in total. The standard InChI is InChI=1S/C13H20ClNO3S/c1-16-4-5-17-6-7-18-8-9-19-13-10-11(14)2-3-12(13)15/h2-3,10H,4-9,15H2,1H3. The number of hydrogen-bond donors (Lipinski definition) is 1. The first-order valence-corrected chi connectivity index (χ1v) is 7.42. The molecule has 6 heteroatoms. The van der Waals surface area contributed by atoms with Gasteiger partial charge in [0.2, 0.25) is 0 Å². The normalized spacial score (nSPS) is 10.8. The Bertz CT molecular complexity index is 366. The van der Waals surface area contributed by atoms with Crippen LogP contribution >= 0.6 is 23.4 Å². The second kappa shape index (κ2) is 10.3. The highest BCUT2D eigenvalue weighted by Gasteiger charge is 2.01. The molecule has 0 aliphatic rings. The molecule has 0 radical (unpaired) electrons. The predicted octanol–water partition coefficient (Wildman–Crippen LogP) is 2.69. The molecule has 1 rings (SSSR count). The number of nitrogens with two attached hydrogens (primary N) is 1. The molecule has 0 atom stereocenters. The average Bonchev–Trinajstić information content (AvgIpc) is 2.40. The molecule has 0 bridgehead atoms. The number of thioether (sulfide) groups is 1. The maximum atomic E-state index is 5.91. The molecule has 0 aliphatic heterocycles. The van der Waals surface area contributed by atoms with Crippen LogP contribution in [0.15, 0.2) is 23.1 Å². The molecule has 1 aromatic carbocycles. The number of benzene rings is 1. The van der Waals surface area contributed by atoms with Crippen LogP contribution in [-0.4, -0.2) is 45.9 Å². The monoisotopic (exact) mass is 305 g/mol. The number of rotatable bonds is 10. The van der Waals surface area contributed by atoms with Gasteiger partial charge >= 0.3 is 0 Å². The number of ether oxygens (including phenoxy) is 3. The van der Waals surface area contributed by atoms with Gasteiger partial charge in [0, 0.05) is 28.5 Å². The Labute approximate surface area is 123 Å². The van der Waals surface area contributed by atoms with E-state index in [9.17, 15) is 0 Å². The van der Waals surface area contributed by atoms with Gasteiger partial charge in [-0.05, 0) is 18.2 Å². The Kier molecular flexibility index (Phi) is 9.03. The van der Waals surface area contributed by atoms with Crippen LogP contribution in [-0.2, 0) is 14.2 Å². The molecule has 0 amide bonds. The molecule has 0 aromatic heterocycles. The van der Waals surface area contributed by atoms with E-state index >= 15 is 0 Å². The summed E-state index contributed by atoms with van der Waals surface area (Å²) in [4.78, 5) is 0.993. The summed E-state index contributed by atoms with van der Waals surface area (Å²) in [5, 5.41) is 0.698. The lowest BCUT2D eigenvalue weighted by Gasteiger charge is -2.07. The van der Waals surface area contributed by atoms with E-state index in [2.05, 4.69) is 0 Å². The number of nitrogen functional groups attached to an aromatic ring is 1. The Morgan fingerprint density at radius 3 is 2.53 bits per heavy atom. The van der Waals surface area contributed by atoms with Crippen LogP contribution in [0.25, 0.3) is 0 Å². The number of hydrogen-bond acceptors (Lipinski definition) is 5. The Morgan fingerprint density at radius 2 is 1.79 bits per heavy atom. The van der Waals surface area contributed by atoms with E-state index in [0.717, 1.165) is 16.3 Å². The van der Waals surface area contributed by atoms with Crippen molar-refractivity contribution in [3.05, 3.63) is 23.2 Å². The van der Waals surface area contributed by atoms with E-state index in [1.54, 1.807) is 24.9 Å². The molecule has 4 nitrogen and oxygen atoms in total. The number of anilines is 1. The lowest BCUT2D eigenvalue weighted by molar-refractivity contribution is 0.0286. The fourth-order valence-corrected chi connectivity index (χ4v) is 2.41. The van der Waals surface area contributed by atoms with Crippen molar-refractivity contribution in [2.75, 3.05) is 51.6 Å². The quantitative estimate of drug-likeness (QED) is 0.409. The second-order valence-electron chi connectivity index (χ2n) is 3.75. The molecule has 0 saturated carbocycles. The van der Waals surface area contributed by atoms with Gasteiger partial charge in [0.15, 0.2) is 0 Å². The van der Waals surface area contributed by atoms with Crippen LogP contribution in [0, 0.1) is 0 Å². The summed E-state index contributed by atoms with van der Waals surface area (Å²) in [7, 11) is 1.65. The zero-order valence-electron chi connectivity index (χ0n) is 11.1. The van der Waals surface area contributed by atoms with Crippen molar-refractivity contribution in [1.29, 1.82) is 0 Å². The first kappa shape index (κ1) is 16.6. The molecule has 1 aromatic rings. The van der Waals surface area contributed by atoms with Crippen LogP contribution < -0.4 is 5.73 Å². The molecular weight excluding hydrogens is 286 g/mol. The second-order valence-corrected chi connectivity index (χ2v) is 5.32. The highest BCUT2D eigenvalue weighted by atomic mass is 35.5. The van der Waals surface area contributed by atoms with Gasteiger partial charge < -0.3 is 19.9 Å². The van der Waals surface area contributed by atoms with Gasteiger partial charge in [0.25, 0.3) is 0 Å². The summed E-state index contributed by atoms with van der Waals surface area (Å²) < 4.78 is 15.6. The van der Waals surface area contributed by atoms with Crippen molar-refractivity contribution in [2.45, 2.75) is 4.90 Å². The highest BCUT2D eigenvalue weighted by Crippen LogP contribution is 2.27. The van der Waals surface area contributed by atoms with Gasteiger partial charge in [-0.3, -0.25) is 0 Å². The largest absolute Gasteiger partial charge is 0.398 e. The third-order valence-corrected chi connectivity index (χ3v) is 3.54. The third kappa shape index (κ3) is 7.64. The van der Waals surface area contributed by atoms with Crippen molar-refractivity contribution < 1.29 is 14.2 Å². The molecule has 0 unspecified atom stereocenters. The van der Waals surface area contributed by atoms with Crippen molar-refractivity contribution in [1.82, 2.24) is 0 Å². The number of halogens is 1. The maximum absolute atomic E-state index is 5.91. The minimum atomic E-state index is 0.591. The summed E-state index contributed by atoms with van der Waals surface area (Å²) in [6, 6.07) is 5.47. The summed E-state index contributed by atoms with van der Waals surface area (Å²) in [5.74, 6) is 0.836. The predicted molar refractivity (Wildman–Crippen MR) is 80.1 cm³/mol. The maximum Gasteiger partial charge on any atom is 0.0701 e. The minimum absolute atomic E-state index is 0.591. The van der Waals surface area contributed by atoms with E-state index in [1.165, 1.54) is 0 Å². The summed E-state index contributed by atoms with van der Waals surface area (Å²) in [6.45, 7) is 3.06. The molecule has 0 heterocycles. The first-order chi connectivity index (χ1) is 9.24. The average molecular weight is 306 g/mol. The fourth-order valence-electron chi connectivity index (χ4n) is 1.31. The van der Waals surface area contributed by atoms with E-state index in [-0.39, 0.29) is 0 Å². The molecule has 0 spiro atoms. The zero-order valence-corrected chi connectivity index (χ0v) is 12.6. The fraction of sp³-hybridized carbons (Fsp3) is 0.538. The van der Waals surface area contributed by atoms with E-state index in [1.807, 2.05) is 12.1 Å². The first-order valence-electron chi connectivity index (χ1n) is 6.06. The van der Waals surface area contributed by atoms with Crippen molar-refractivity contribution in [3.63, 3.8) is 0 Å². The van der Waals surface area contributed by atoms with E-state index < -0.39 is 0 Å². The Morgan fingerprint density at radius 1 is 1.11 bits per heavy atom. The zero-order chi connectivity index (χ0) is 13.9. The van der Waals surface area contributed by atoms with Gasteiger partial charge in [-0.25, -0.2) is 0 Å². The molecule has 108 valence electrons. The molecular formula is C13H20ClNO3S. The van der Waals surface area contributed by atoms with Gasteiger partial charge in [0.05, 0.1) is 33.0 Å². The van der Waals surface area contributed by atoms with Crippen molar-refractivity contribution in [3.8, 4) is 0 Å². The third-order valence-electron chi connectivity index (χ3n) is 2.26. The molecule has 0 fully saturated rings. The van der Waals surface area contributed by atoms with Gasteiger partial charge in [-0.15, -0.1) is 11.8 Å². The van der Waals surface area contributed by atoms with Crippen LogP contribution in [0.4, 0.5) is 5.69 Å². The highest BCUT2D eigenvalue weighted by molar-refractivity contribution is 7.99. The summed E-state index contributed by atoms with van der Waals surface area (Å²) in [5.41, 5.74) is 6.59. The molecule has 19 heavy (non-hydrogen) atoms. The van der Waals surface area contributed by atoms with Crippen LogP contribution in [0.5, 0.6) is 0 Å². The van der Waals surface area contributed by atoms with Crippen molar-refractivity contribution >= 4 is 29.1 Å². The van der Waals surface area contributed by atoms with Crippen molar-refractivity contribution in [2.24, 2.45) is 0 Å². The smallest absolute Gasteiger partial charge is 0.0701 e. The molecule has 0 saturated heterocycles. The SMILES string of the molecule is COCCOCCOCCSc1cc(Cl)ccc1N. The summed E-state index contributed by atoms with van der Waals surface area (Å²) in [6.07, 6.45) is 0. The minimum Gasteiger partial charge on any atom is -0.398 e. The molecule has 0 aliphatic carbocycles. The van der Waals surface area contributed by atoms with Gasteiger partial charge in [0.1, 0.15) is 0 Å². The Balaban J connectivity index is 2.03. The summed E-state index contributed by atoms with van der Waals surface area (Å²) >= 11 is 7.55. The van der Waals surface area contributed by atoms with Crippen LogP contribution in [0.1, 0.15) is 0 Å². The van der Waals surface area contributed by atoms with Crippen LogP contribution in [0.2, 0.25) is 5.02 Å².